The quantitative estimate of drug-likeness (QED) is 0.329. The highest BCUT2D eigenvalue weighted by molar-refractivity contribution is 7.98. The van der Waals surface area contributed by atoms with Crippen LogP contribution in [0, 0.1) is 15.9 Å². The van der Waals surface area contributed by atoms with E-state index < -0.39 is 28.7 Å². The van der Waals surface area contributed by atoms with E-state index in [0.29, 0.717) is 4.90 Å². The molecule has 1 amide bonds. The van der Waals surface area contributed by atoms with Crippen molar-refractivity contribution in [3.05, 3.63) is 62.9 Å². The van der Waals surface area contributed by atoms with Gasteiger partial charge in [-0.25, -0.2) is 9.18 Å². The molecule has 142 valence electrons. The van der Waals surface area contributed by atoms with Gasteiger partial charge in [-0.15, -0.1) is 11.8 Å². The number of nitro groups is 1. The SMILES string of the molecule is CSc1ccc(C(=O)O[C@@H](C)C(=O)Nc2ccc(Cl)cc2F)cc1[N+](=O)[O-]. The van der Waals surface area contributed by atoms with Gasteiger partial charge in [-0.2, -0.15) is 0 Å². The minimum atomic E-state index is -1.26. The molecule has 0 saturated heterocycles. The third kappa shape index (κ3) is 5.18. The first-order valence-corrected chi connectivity index (χ1v) is 9.12. The summed E-state index contributed by atoms with van der Waals surface area (Å²) in [5, 5.41) is 13.5. The van der Waals surface area contributed by atoms with Crippen molar-refractivity contribution in [3.63, 3.8) is 0 Å². The third-order valence-corrected chi connectivity index (χ3v) is 4.47. The molecule has 2 aromatic carbocycles. The van der Waals surface area contributed by atoms with Gasteiger partial charge in [0.25, 0.3) is 11.6 Å². The molecule has 0 unspecified atom stereocenters. The molecule has 0 aromatic heterocycles. The smallest absolute Gasteiger partial charge is 0.339 e. The predicted molar refractivity (Wildman–Crippen MR) is 99.8 cm³/mol. The number of benzene rings is 2. The molecule has 0 aliphatic rings. The number of halogens is 2. The van der Waals surface area contributed by atoms with Crippen LogP contribution in [0.2, 0.25) is 5.02 Å². The molecule has 7 nitrogen and oxygen atoms in total. The van der Waals surface area contributed by atoms with Gasteiger partial charge in [-0.1, -0.05) is 11.6 Å². The number of nitrogens with zero attached hydrogens (tertiary/aromatic N) is 1. The van der Waals surface area contributed by atoms with E-state index >= 15 is 0 Å². The van der Waals surface area contributed by atoms with Gasteiger partial charge in [-0.3, -0.25) is 14.9 Å². The van der Waals surface area contributed by atoms with E-state index in [4.69, 9.17) is 16.3 Å². The zero-order valence-electron chi connectivity index (χ0n) is 14.2. The highest BCUT2D eigenvalue weighted by Gasteiger charge is 2.23. The van der Waals surface area contributed by atoms with Crippen molar-refractivity contribution < 1.29 is 23.6 Å². The first-order chi connectivity index (χ1) is 12.7. The summed E-state index contributed by atoms with van der Waals surface area (Å²) in [6, 6.07) is 7.56. The summed E-state index contributed by atoms with van der Waals surface area (Å²) in [6.07, 6.45) is 0.412. The van der Waals surface area contributed by atoms with Crippen molar-refractivity contribution in [1.82, 2.24) is 0 Å². The summed E-state index contributed by atoms with van der Waals surface area (Å²) < 4.78 is 18.7. The third-order valence-electron chi connectivity index (χ3n) is 3.45. The van der Waals surface area contributed by atoms with Crippen molar-refractivity contribution in [1.29, 1.82) is 0 Å². The fourth-order valence-corrected chi connectivity index (χ4v) is 2.77. The molecular weight excluding hydrogens is 399 g/mol. The number of anilines is 1. The molecule has 0 aliphatic carbocycles. The minimum Gasteiger partial charge on any atom is -0.449 e. The topological polar surface area (TPSA) is 98.5 Å². The maximum atomic E-state index is 13.7. The van der Waals surface area contributed by atoms with Crippen LogP contribution in [0.25, 0.3) is 0 Å². The molecule has 0 saturated carbocycles. The van der Waals surface area contributed by atoms with Gasteiger partial charge in [0, 0.05) is 11.1 Å². The summed E-state index contributed by atoms with van der Waals surface area (Å²) in [5.41, 5.74) is -0.429. The normalized spacial score (nSPS) is 11.6. The number of esters is 1. The Bertz CT molecular complexity index is 909. The molecule has 10 heteroatoms. The van der Waals surface area contributed by atoms with Gasteiger partial charge in [0.05, 0.1) is 21.1 Å². The second kappa shape index (κ2) is 8.83. The average Bonchev–Trinajstić information content (AvgIpc) is 2.63. The van der Waals surface area contributed by atoms with Crippen LogP contribution in [0.1, 0.15) is 17.3 Å². The van der Waals surface area contributed by atoms with Crippen LogP contribution < -0.4 is 5.32 Å². The molecule has 2 aromatic rings. The lowest BCUT2D eigenvalue weighted by molar-refractivity contribution is -0.387. The highest BCUT2D eigenvalue weighted by atomic mass is 35.5. The number of carbonyl (C=O) groups excluding carboxylic acids is 2. The van der Waals surface area contributed by atoms with Crippen LogP contribution in [0.15, 0.2) is 41.3 Å². The second-order valence-corrected chi connectivity index (χ2v) is 6.59. The van der Waals surface area contributed by atoms with E-state index in [1.165, 1.54) is 31.2 Å². The summed E-state index contributed by atoms with van der Waals surface area (Å²) in [4.78, 5) is 35.1. The molecule has 1 N–H and O–H groups in total. The fraction of sp³-hybridized carbons (Fsp3) is 0.176. The maximum Gasteiger partial charge on any atom is 0.339 e. The standard InChI is InChI=1S/C17H14ClFN2O5S/c1-9(16(22)20-13-5-4-11(18)8-12(13)19)26-17(23)10-3-6-15(27-2)14(7-10)21(24)25/h3-9H,1-2H3,(H,20,22)/t9-/m0/s1. The van der Waals surface area contributed by atoms with Gasteiger partial charge < -0.3 is 10.1 Å². The van der Waals surface area contributed by atoms with Gasteiger partial charge in [0.1, 0.15) is 5.82 Å². The molecule has 0 bridgehead atoms. The summed E-state index contributed by atoms with van der Waals surface area (Å²) in [7, 11) is 0. The Morgan fingerprint density at radius 1 is 1.30 bits per heavy atom. The lowest BCUT2D eigenvalue weighted by Gasteiger charge is -2.14. The molecule has 0 spiro atoms. The average molecular weight is 413 g/mol. The second-order valence-electron chi connectivity index (χ2n) is 5.30. The van der Waals surface area contributed by atoms with Crippen LogP contribution in [-0.2, 0) is 9.53 Å². The number of thioether (sulfide) groups is 1. The largest absolute Gasteiger partial charge is 0.449 e. The van der Waals surface area contributed by atoms with Crippen LogP contribution >= 0.6 is 23.4 Å². The minimum absolute atomic E-state index is 0.0724. The van der Waals surface area contributed by atoms with E-state index in [9.17, 15) is 24.1 Å². The van der Waals surface area contributed by atoms with Crippen molar-refractivity contribution in [2.75, 3.05) is 11.6 Å². The van der Waals surface area contributed by atoms with Crippen LogP contribution in [0.3, 0.4) is 0 Å². The fourth-order valence-electron chi connectivity index (χ4n) is 2.07. The summed E-state index contributed by atoms with van der Waals surface area (Å²) in [6.45, 7) is 1.30. The number of hydrogen-bond donors (Lipinski definition) is 1. The molecule has 0 radical (unpaired) electrons. The molecule has 1 atom stereocenters. The maximum absolute atomic E-state index is 13.7. The zero-order valence-corrected chi connectivity index (χ0v) is 15.8. The predicted octanol–water partition coefficient (Wildman–Crippen LogP) is 4.29. The van der Waals surface area contributed by atoms with E-state index in [1.54, 1.807) is 6.26 Å². The van der Waals surface area contributed by atoms with Gasteiger partial charge in [0.15, 0.2) is 6.10 Å². The van der Waals surface area contributed by atoms with E-state index in [0.717, 1.165) is 23.9 Å². The first-order valence-electron chi connectivity index (χ1n) is 7.52. The molecule has 27 heavy (non-hydrogen) atoms. The molecule has 0 fully saturated rings. The zero-order chi connectivity index (χ0) is 20.1. The van der Waals surface area contributed by atoms with E-state index in [1.807, 2.05) is 0 Å². The lowest BCUT2D eigenvalue weighted by Crippen LogP contribution is -2.30. The van der Waals surface area contributed by atoms with Crippen molar-refractivity contribution >= 4 is 46.6 Å². The van der Waals surface area contributed by atoms with Crippen LogP contribution in [0.5, 0.6) is 0 Å². The van der Waals surface area contributed by atoms with Gasteiger partial charge >= 0.3 is 5.97 Å². The van der Waals surface area contributed by atoms with Gasteiger partial charge in [-0.05, 0) is 43.5 Å². The van der Waals surface area contributed by atoms with Gasteiger partial charge in [0.2, 0.25) is 0 Å². The summed E-state index contributed by atoms with van der Waals surface area (Å²) >= 11 is 6.80. The number of rotatable bonds is 6. The number of hydrogen-bond acceptors (Lipinski definition) is 6. The molecular formula is C17H14ClFN2O5S. The number of nitrogens with one attached hydrogen (secondary N) is 1. The molecule has 2 rings (SSSR count). The molecule has 0 aliphatic heterocycles. The Morgan fingerprint density at radius 2 is 2.00 bits per heavy atom. The van der Waals surface area contributed by atoms with E-state index in [-0.39, 0.29) is 22.0 Å². The number of ether oxygens (including phenoxy) is 1. The monoisotopic (exact) mass is 412 g/mol. The number of amides is 1. The number of carbonyl (C=O) groups is 2. The Morgan fingerprint density at radius 3 is 2.59 bits per heavy atom. The van der Waals surface area contributed by atoms with Crippen LogP contribution in [-0.4, -0.2) is 29.2 Å². The summed E-state index contributed by atoms with van der Waals surface area (Å²) in [5.74, 6) is -2.41. The highest BCUT2D eigenvalue weighted by Crippen LogP contribution is 2.28. The van der Waals surface area contributed by atoms with Crippen LogP contribution in [0.4, 0.5) is 15.8 Å². The Kier molecular flexibility index (Phi) is 6.75. The number of nitro benzene ring substituents is 1. The van der Waals surface area contributed by atoms with E-state index in [2.05, 4.69) is 5.32 Å². The van der Waals surface area contributed by atoms with Crippen molar-refractivity contribution in [2.45, 2.75) is 17.9 Å². The molecule has 0 heterocycles. The lowest BCUT2D eigenvalue weighted by atomic mass is 10.2. The Hall–Kier alpha value is -2.65. The Balaban J connectivity index is 2.09. The first kappa shape index (κ1) is 20.7. The van der Waals surface area contributed by atoms with Crippen molar-refractivity contribution in [3.8, 4) is 0 Å². The Labute approximate surface area is 163 Å². The van der Waals surface area contributed by atoms with Crippen molar-refractivity contribution in [2.24, 2.45) is 0 Å².